The molecule has 1 aliphatic heterocycles. The molecule has 33 heavy (non-hydrogen) atoms. The van der Waals surface area contributed by atoms with E-state index in [0.29, 0.717) is 26.1 Å². The van der Waals surface area contributed by atoms with Gasteiger partial charge in [-0.3, -0.25) is 9.36 Å². The van der Waals surface area contributed by atoms with Crippen molar-refractivity contribution in [3.8, 4) is 5.75 Å². The van der Waals surface area contributed by atoms with Gasteiger partial charge in [0.05, 0.1) is 7.11 Å². The first-order chi connectivity index (χ1) is 16.0. The van der Waals surface area contributed by atoms with Gasteiger partial charge >= 0.3 is 5.69 Å². The van der Waals surface area contributed by atoms with E-state index in [2.05, 4.69) is 17.2 Å². The fourth-order valence-electron chi connectivity index (χ4n) is 4.51. The number of likely N-dealkylation sites (tertiary alicyclic amines) is 1. The maximum atomic E-state index is 12.7. The highest BCUT2D eigenvalue weighted by atomic mass is 16.5. The van der Waals surface area contributed by atoms with E-state index in [9.17, 15) is 9.59 Å². The molecule has 0 bridgehead atoms. The second kappa shape index (κ2) is 10.5. The van der Waals surface area contributed by atoms with Gasteiger partial charge in [0.15, 0.2) is 0 Å². The normalized spacial score (nSPS) is 14.4. The third-order valence-electron chi connectivity index (χ3n) is 6.50. The Balaban J connectivity index is 1.33. The average Bonchev–Trinajstić information content (AvgIpc) is 3.15. The van der Waals surface area contributed by atoms with Crippen LogP contribution in [0, 0.1) is 0 Å². The Bertz CT molecular complexity index is 1110. The Kier molecular flexibility index (Phi) is 7.27. The molecule has 0 aliphatic carbocycles. The van der Waals surface area contributed by atoms with Crippen molar-refractivity contribution in [3.63, 3.8) is 0 Å². The number of piperidine rings is 1. The Hall–Kier alpha value is -3.35. The molecule has 1 amide bonds. The molecule has 0 atom stereocenters. The first kappa shape index (κ1) is 22.8. The quantitative estimate of drug-likeness (QED) is 0.531. The number of hydrogen-bond donors (Lipinski definition) is 0. The standard InChI is InChI=1S/C26H32N4O3/c1-28-26(32)30(19-14-20-6-4-3-5-7-20)25(27-28)22-15-17-29(18-16-22)24(31)13-10-21-8-11-23(33-2)12-9-21/h3-9,11-12,22H,10,13-19H2,1-2H3. The number of amides is 1. The highest BCUT2D eigenvalue weighted by Crippen LogP contribution is 2.27. The number of rotatable bonds is 8. The van der Waals surface area contributed by atoms with Crippen molar-refractivity contribution in [2.45, 2.75) is 44.6 Å². The molecular formula is C26H32N4O3. The first-order valence-corrected chi connectivity index (χ1v) is 11.6. The smallest absolute Gasteiger partial charge is 0.345 e. The van der Waals surface area contributed by atoms with Crippen LogP contribution in [0.4, 0.5) is 0 Å². The summed E-state index contributed by atoms with van der Waals surface area (Å²) in [6.45, 7) is 2.03. The Morgan fingerprint density at radius 3 is 2.33 bits per heavy atom. The average molecular weight is 449 g/mol. The minimum absolute atomic E-state index is 0.0704. The van der Waals surface area contributed by atoms with Crippen molar-refractivity contribution in [3.05, 3.63) is 82.0 Å². The number of aromatic nitrogens is 3. The van der Waals surface area contributed by atoms with E-state index in [0.717, 1.165) is 42.8 Å². The van der Waals surface area contributed by atoms with Crippen LogP contribution in [0.25, 0.3) is 0 Å². The van der Waals surface area contributed by atoms with Crippen LogP contribution < -0.4 is 10.4 Å². The summed E-state index contributed by atoms with van der Waals surface area (Å²) in [5.41, 5.74) is 2.27. The Morgan fingerprint density at radius 1 is 1.00 bits per heavy atom. The monoisotopic (exact) mass is 448 g/mol. The summed E-state index contributed by atoms with van der Waals surface area (Å²) >= 11 is 0. The lowest BCUT2D eigenvalue weighted by molar-refractivity contribution is -0.132. The van der Waals surface area contributed by atoms with Crippen LogP contribution in [0.5, 0.6) is 5.75 Å². The van der Waals surface area contributed by atoms with E-state index in [1.54, 1.807) is 14.2 Å². The highest BCUT2D eigenvalue weighted by Gasteiger charge is 2.28. The number of methoxy groups -OCH3 is 1. The van der Waals surface area contributed by atoms with Gasteiger partial charge < -0.3 is 9.64 Å². The summed E-state index contributed by atoms with van der Waals surface area (Å²) in [5.74, 6) is 2.06. The molecule has 1 aliphatic rings. The van der Waals surface area contributed by atoms with Gasteiger partial charge in [-0.05, 0) is 48.9 Å². The molecule has 2 aromatic carbocycles. The lowest BCUT2D eigenvalue weighted by Gasteiger charge is -2.31. The third-order valence-corrected chi connectivity index (χ3v) is 6.50. The molecule has 0 spiro atoms. The molecule has 0 radical (unpaired) electrons. The third kappa shape index (κ3) is 5.53. The molecule has 1 saturated heterocycles. The molecule has 2 heterocycles. The predicted octanol–water partition coefficient (Wildman–Crippen LogP) is 3.17. The van der Waals surface area contributed by atoms with Gasteiger partial charge in [0.1, 0.15) is 11.6 Å². The lowest BCUT2D eigenvalue weighted by Crippen LogP contribution is -2.38. The highest BCUT2D eigenvalue weighted by molar-refractivity contribution is 5.76. The van der Waals surface area contributed by atoms with Crippen molar-refractivity contribution < 1.29 is 9.53 Å². The van der Waals surface area contributed by atoms with E-state index in [-0.39, 0.29) is 17.5 Å². The van der Waals surface area contributed by atoms with Gasteiger partial charge in [-0.15, -0.1) is 0 Å². The van der Waals surface area contributed by atoms with Crippen molar-refractivity contribution >= 4 is 5.91 Å². The van der Waals surface area contributed by atoms with E-state index in [4.69, 9.17) is 4.74 Å². The summed E-state index contributed by atoms with van der Waals surface area (Å²) in [6.07, 6.45) is 3.68. The fraction of sp³-hybridized carbons (Fsp3) is 0.423. The summed E-state index contributed by atoms with van der Waals surface area (Å²) in [4.78, 5) is 27.4. The molecule has 3 aromatic rings. The Morgan fingerprint density at radius 2 is 1.67 bits per heavy atom. The zero-order valence-electron chi connectivity index (χ0n) is 19.4. The minimum atomic E-state index is -0.0704. The lowest BCUT2D eigenvalue weighted by atomic mass is 9.95. The second-order valence-electron chi connectivity index (χ2n) is 8.65. The number of carbonyl (C=O) groups excluding carboxylic acids is 1. The molecule has 1 fully saturated rings. The van der Waals surface area contributed by atoms with Gasteiger partial charge in [-0.25, -0.2) is 9.48 Å². The largest absolute Gasteiger partial charge is 0.497 e. The molecular weight excluding hydrogens is 416 g/mol. The Labute approximate surface area is 194 Å². The van der Waals surface area contributed by atoms with Gasteiger partial charge in [-0.2, -0.15) is 5.10 Å². The van der Waals surface area contributed by atoms with E-state index in [1.807, 2.05) is 51.9 Å². The SMILES string of the molecule is COc1ccc(CCC(=O)N2CCC(c3nn(C)c(=O)n3CCc3ccccc3)CC2)cc1. The van der Waals surface area contributed by atoms with Gasteiger partial charge in [0.25, 0.3) is 0 Å². The van der Waals surface area contributed by atoms with Crippen LogP contribution in [-0.4, -0.2) is 45.4 Å². The van der Waals surface area contributed by atoms with Gasteiger partial charge in [0.2, 0.25) is 5.91 Å². The number of carbonyl (C=O) groups is 1. The fourth-order valence-corrected chi connectivity index (χ4v) is 4.51. The van der Waals surface area contributed by atoms with E-state index >= 15 is 0 Å². The van der Waals surface area contributed by atoms with Gasteiger partial charge in [-0.1, -0.05) is 42.5 Å². The maximum absolute atomic E-state index is 12.7. The zero-order chi connectivity index (χ0) is 23.2. The van der Waals surface area contributed by atoms with Crippen LogP contribution in [0.1, 0.15) is 42.1 Å². The number of nitrogens with zero attached hydrogens (tertiary/aromatic N) is 4. The number of aryl methyl sites for hydroxylation is 3. The van der Waals surface area contributed by atoms with Crippen LogP contribution in [-0.2, 0) is 31.2 Å². The number of benzene rings is 2. The molecule has 0 N–H and O–H groups in total. The van der Waals surface area contributed by atoms with Crippen LogP contribution in [0.2, 0.25) is 0 Å². The summed E-state index contributed by atoms with van der Waals surface area (Å²) in [7, 11) is 3.36. The van der Waals surface area contributed by atoms with Crippen LogP contribution in [0.15, 0.2) is 59.4 Å². The predicted molar refractivity (Wildman–Crippen MR) is 127 cm³/mol. The summed E-state index contributed by atoms with van der Waals surface area (Å²) < 4.78 is 8.44. The molecule has 174 valence electrons. The summed E-state index contributed by atoms with van der Waals surface area (Å²) in [6, 6.07) is 18.1. The van der Waals surface area contributed by atoms with Crippen LogP contribution >= 0.6 is 0 Å². The van der Waals surface area contributed by atoms with Crippen molar-refractivity contribution in [2.24, 2.45) is 7.05 Å². The van der Waals surface area contributed by atoms with Crippen molar-refractivity contribution in [1.29, 1.82) is 0 Å². The molecule has 7 nitrogen and oxygen atoms in total. The number of ether oxygens (including phenoxy) is 1. The van der Waals surface area contributed by atoms with Gasteiger partial charge in [0, 0.05) is 39.0 Å². The first-order valence-electron chi connectivity index (χ1n) is 11.6. The molecule has 1 aromatic heterocycles. The summed E-state index contributed by atoms with van der Waals surface area (Å²) in [5, 5.41) is 4.56. The zero-order valence-corrected chi connectivity index (χ0v) is 19.4. The molecule has 4 rings (SSSR count). The van der Waals surface area contributed by atoms with Crippen molar-refractivity contribution in [1.82, 2.24) is 19.2 Å². The second-order valence-corrected chi connectivity index (χ2v) is 8.65. The molecule has 0 saturated carbocycles. The van der Waals surface area contributed by atoms with Crippen LogP contribution in [0.3, 0.4) is 0 Å². The molecule has 0 unspecified atom stereocenters. The topological polar surface area (TPSA) is 69.4 Å². The van der Waals surface area contributed by atoms with Crippen molar-refractivity contribution in [2.75, 3.05) is 20.2 Å². The van der Waals surface area contributed by atoms with E-state index < -0.39 is 0 Å². The molecule has 7 heteroatoms. The maximum Gasteiger partial charge on any atom is 0.345 e. The van der Waals surface area contributed by atoms with E-state index in [1.165, 1.54) is 10.2 Å². The number of hydrogen-bond acceptors (Lipinski definition) is 4. The minimum Gasteiger partial charge on any atom is -0.497 e.